The van der Waals surface area contributed by atoms with Crippen LogP contribution in [0.3, 0.4) is 0 Å². The first kappa shape index (κ1) is 18.4. The van der Waals surface area contributed by atoms with Crippen LogP contribution < -0.4 is 4.74 Å². The van der Waals surface area contributed by atoms with Gasteiger partial charge in [0.2, 0.25) is 0 Å². The molecule has 0 atom stereocenters. The van der Waals surface area contributed by atoms with E-state index in [2.05, 4.69) is 45.8 Å². The third-order valence-corrected chi connectivity index (χ3v) is 4.74. The van der Waals surface area contributed by atoms with E-state index in [0.29, 0.717) is 6.61 Å². The third kappa shape index (κ3) is 4.61. The number of rotatable bonds is 9. The lowest BCUT2D eigenvalue weighted by atomic mass is 10.1. The van der Waals surface area contributed by atoms with Crippen molar-refractivity contribution in [1.29, 1.82) is 0 Å². The number of nitrogens with one attached hydrogen (secondary N) is 1. The molecular weight excluding hydrogens is 324 g/mol. The topological polar surface area (TPSA) is 54.0 Å². The Labute approximate surface area is 155 Å². The van der Waals surface area contributed by atoms with Crippen molar-refractivity contribution in [2.45, 2.75) is 33.6 Å². The smallest absolute Gasteiger partial charge is 0.138 e. The van der Waals surface area contributed by atoms with Crippen molar-refractivity contribution < 1.29 is 4.74 Å². The van der Waals surface area contributed by atoms with E-state index in [-0.39, 0.29) is 0 Å². The van der Waals surface area contributed by atoms with Gasteiger partial charge in [0, 0.05) is 36.4 Å². The Morgan fingerprint density at radius 3 is 2.69 bits per heavy atom. The van der Waals surface area contributed by atoms with Crippen LogP contribution >= 0.6 is 0 Å². The molecule has 0 unspecified atom stereocenters. The summed E-state index contributed by atoms with van der Waals surface area (Å²) in [5, 5.41) is 1.12. The summed E-state index contributed by atoms with van der Waals surface area (Å²) in [6.07, 6.45) is 7.62. The highest BCUT2D eigenvalue weighted by atomic mass is 16.5. The Hall–Kier alpha value is -2.40. The number of ether oxygens (including phenoxy) is 1. The van der Waals surface area contributed by atoms with Gasteiger partial charge in [-0.05, 0) is 49.7 Å². The fourth-order valence-corrected chi connectivity index (χ4v) is 3.10. The second-order valence-corrected chi connectivity index (χ2v) is 6.59. The molecule has 5 nitrogen and oxygen atoms in total. The van der Waals surface area contributed by atoms with Crippen LogP contribution in [0.1, 0.15) is 37.1 Å². The molecule has 138 valence electrons. The van der Waals surface area contributed by atoms with Gasteiger partial charge in [0.25, 0.3) is 0 Å². The molecule has 26 heavy (non-hydrogen) atoms. The van der Waals surface area contributed by atoms with E-state index < -0.39 is 0 Å². The van der Waals surface area contributed by atoms with Gasteiger partial charge < -0.3 is 14.6 Å². The molecular formula is C21H28N4O. The number of aryl methyl sites for hydroxylation is 1. The number of hydrogen-bond acceptors (Lipinski definition) is 4. The lowest BCUT2D eigenvalue weighted by Crippen LogP contribution is -2.25. The van der Waals surface area contributed by atoms with Gasteiger partial charge in [0.15, 0.2) is 0 Å². The summed E-state index contributed by atoms with van der Waals surface area (Å²) in [7, 11) is 0. The lowest BCUT2D eigenvalue weighted by molar-refractivity contribution is 0.249. The highest BCUT2D eigenvalue weighted by molar-refractivity contribution is 5.81. The molecule has 3 rings (SSSR count). The van der Waals surface area contributed by atoms with Crippen molar-refractivity contribution in [3.63, 3.8) is 0 Å². The zero-order chi connectivity index (χ0) is 18.4. The summed E-state index contributed by atoms with van der Waals surface area (Å²) in [5.41, 5.74) is 4.35. The van der Waals surface area contributed by atoms with Crippen LogP contribution in [-0.2, 0) is 6.42 Å². The number of hydrogen-bond donors (Lipinski definition) is 1. The van der Waals surface area contributed by atoms with Gasteiger partial charge in [-0.2, -0.15) is 0 Å². The van der Waals surface area contributed by atoms with Gasteiger partial charge in [-0.15, -0.1) is 0 Å². The second kappa shape index (κ2) is 8.81. The van der Waals surface area contributed by atoms with E-state index >= 15 is 0 Å². The molecule has 3 heterocycles. The monoisotopic (exact) mass is 352 g/mol. The van der Waals surface area contributed by atoms with Gasteiger partial charge in [-0.25, -0.2) is 4.98 Å². The van der Waals surface area contributed by atoms with Gasteiger partial charge in [-0.1, -0.05) is 19.9 Å². The molecule has 0 saturated heterocycles. The number of H-pyrrole nitrogens is 1. The Kier molecular flexibility index (Phi) is 6.23. The molecule has 0 aliphatic carbocycles. The van der Waals surface area contributed by atoms with Crippen LogP contribution in [0, 0.1) is 6.92 Å². The number of nitrogens with zero attached hydrogens (tertiary/aromatic N) is 3. The maximum absolute atomic E-state index is 5.93. The molecule has 0 radical (unpaired) electrons. The molecule has 3 aromatic rings. The Morgan fingerprint density at radius 2 is 1.96 bits per heavy atom. The largest absolute Gasteiger partial charge is 0.492 e. The summed E-state index contributed by atoms with van der Waals surface area (Å²) >= 11 is 0. The molecule has 1 N–H and O–H groups in total. The molecule has 0 aliphatic rings. The molecule has 0 aromatic carbocycles. The van der Waals surface area contributed by atoms with Crippen molar-refractivity contribution in [3.05, 3.63) is 53.6 Å². The van der Waals surface area contributed by atoms with Crippen molar-refractivity contribution in [1.82, 2.24) is 19.9 Å². The van der Waals surface area contributed by atoms with Crippen LogP contribution in [0.25, 0.3) is 11.0 Å². The van der Waals surface area contributed by atoms with E-state index in [0.717, 1.165) is 55.0 Å². The zero-order valence-electron chi connectivity index (χ0n) is 16.0. The average Bonchev–Trinajstić information content (AvgIpc) is 3.06. The first-order chi connectivity index (χ1) is 12.7. The molecule has 0 saturated carbocycles. The zero-order valence-corrected chi connectivity index (χ0v) is 16.0. The molecule has 0 bridgehead atoms. The first-order valence-corrected chi connectivity index (χ1v) is 9.42. The quantitative estimate of drug-likeness (QED) is 0.592. The molecule has 0 spiro atoms. The van der Waals surface area contributed by atoms with Crippen molar-refractivity contribution in [3.8, 4) is 5.75 Å². The predicted octanol–water partition coefficient (Wildman–Crippen LogP) is 3.97. The maximum atomic E-state index is 5.93. The fraction of sp³-hybridized carbons (Fsp3) is 0.429. The van der Waals surface area contributed by atoms with Gasteiger partial charge in [0.1, 0.15) is 11.4 Å². The minimum absolute atomic E-state index is 0.714. The van der Waals surface area contributed by atoms with E-state index in [4.69, 9.17) is 4.74 Å². The number of fused-ring (bicyclic) bond motifs is 1. The van der Waals surface area contributed by atoms with Crippen LogP contribution in [0.15, 0.2) is 36.8 Å². The van der Waals surface area contributed by atoms with Crippen LogP contribution in [0.2, 0.25) is 0 Å². The maximum Gasteiger partial charge on any atom is 0.138 e. The molecule has 3 aromatic heterocycles. The van der Waals surface area contributed by atoms with E-state index in [1.54, 1.807) is 6.20 Å². The number of aromatic nitrogens is 3. The molecule has 0 fully saturated rings. The lowest BCUT2D eigenvalue weighted by Gasteiger charge is -2.17. The summed E-state index contributed by atoms with van der Waals surface area (Å²) in [5.74, 6) is 0.833. The number of pyridine rings is 2. The van der Waals surface area contributed by atoms with Crippen LogP contribution in [0.5, 0.6) is 5.75 Å². The SMILES string of the molecule is CCN(CC)CCCOc1cnc2[nH]cc(Cc3ccc(C)nc3)c2c1. The van der Waals surface area contributed by atoms with E-state index in [1.165, 1.54) is 11.1 Å². The fourth-order valence-electron chi connectivity index (χ4n) is 3.10. The van der Waals surface area contributed by atoms with Gasteiger partial charge in [-0.3, -0.25) is 4.98 Å². The van der Waals surface area contributed by atoms with Crippen LogP contribution in [0.4, 0.5) is 0 Å². The number of aromatic amines is 1. The van der Waals surface area contributed by atoms with Gasteiger partial charge in [0.05, 0.1) is 12.8 Å². The minimum atomic E-state index is 0.714. The molecule has 0 amide bonds. The van der Waals surface area contributed by atoms with E-state index in [9.17, 15) is 0 Å². The summed E-state index contributed by atoms with van der Waals surface area (Å²) in [4.78, 5) is 14.5. The van der Waals surface area contributed by atoms with E-state index in [1.807, 2.05) is 25.4 Å². The Morgan fingerprint density at radius 1 is 1.12 bits per heavy atom. The summed E-state index contributed by atoms with van der Waals surface area (Å²) in [6, 6.07) is 6.27. The van der Waals surface area contributed by atoms with Crippen LogP contribution in [-0.4, -0.2) is 46.1 Å². The third-order valence-electron chi connectivity index (χ3n) is 4.74. The predicted molar refractivity (Wildman–Crippen MR) is 106 cm³/mol. The molecule has 0 aliphatic heterocycles. The van der Waals surface area contributed by atoms with Crippen molar-refractivity contribution in [2.75, 3.05) is 26.2 Å². The standard InChI is InChI=1S/C21H28N4O/c1-4-25(5-2)9-6-10-26-19-12-20-18(14-23-21(20)24-15-19)11-17-8-7-16(3)22-13-17/h7-8,12-15H,4-6,9-11H2,1-3H3,(H,23,24). The summed E-state index contributed by atoms with van der Waals surface area (Å²) < 4.78 is 5.93. The Bertz CT molecular complexity index is 822. The Balaban J connectivity index is 1.65. The van der Waals surface area contributed by atoms with Crippen molar-refractivity contribution in [2.24, 2.45) is 0 Å². The first-order valence-electron chi connectivity index (χ1n) is 9.42. The summed E-state index contributed by atoms with van der Waals surface area (Å²) in [6.45, 7) is 10.3. The minimum Gasteiger partial charge on any atom is -0.492 e. The average molecular weight is 352 g/mol. The normalized spacial score (nSPS) is 11.4. The van der Waals surface area contributed by atoms with Crippen molar-refractivity contribution >= 4 is 11.0 Å². The highest BCUT2D eigenvalue weighted by Crippen LogP contribution is 2.23. The highest BCUT2D eigenvalue weighted by Gasteiger charge is 2.08. The molecule has 5 heteroatoms. The second-order valence-electron chi connectivity index (χ2n) is 6.59. The van der Waals surface area contributed by atoms with Gasteiger partial charge >= 0.3 is 0 Å².